The Morgan fingerprint density at radius 2 is 0.182 bits per heavy atom. The third-order valence-corrected chi connectivity index (χ3v) is 0. The molecule has 0 aliphatic rings. The molecule has 0 heterocycles. The van der Waals surface area contributed by atoms with E-state index in [1.54, 1.807) is 0 Å². The van der Waals surface area contributed by atoms with Gasteiger partial charge in [0.25, 0.3) is 0 Å². The van der Waals surface area contributed by atoms with Gasteiger partial charge in [-0.25, -0.2) is 0 Å². The Bertz CT molecular complexity index is 10.4. The maximum absolute atomic E-state index is 0. The van der Waals surface area contributed by atoms with Crippen LogP contribution in [0.25, 0.3) is 0 Å². The van der Waals surface area contributed by atoms with Gasteiger partial charge in [0.2, 0.25) is 0 Å². The summed E-state index contributed by atoms with van der Waals surface area (Å²) in [6.07, 6.45) is 0. The summed E-state index contributed by atoms with van der Waals surface area (Å²) in [7, 11) is 0. The van der Waals surface area contributed by atoms with Crippen LogP contribution in [0.1, 0.15) is 0 Å². The molecule has 88 valence electrons. The SMILES string of the molecule is [Fe].[Fe].[Fe].[Fe].[Fe].[Fe].[Fe].[GeH4].[GeH4].[GeH4].[GeH4]. The third kappa shape index (κ3) is 89.4. The molecule has 0 aliphatic heterocycles. The number of rotatable bonds is 0. The molecule has 0 radical (unpaired) electrons. The van der Waals surface area contributed by atoms with Gasteiger partial charge < -0.3 is 0 Å². The number of hydrogen-bond acceptors (Lipinski definition) is 0. The number of hydrogen-bond donors (Lipinski definition) is 0. The van der Waals surface area contributed by atoms with Crippen molar-refractivity contribution in [2.24, 2.45) is 0 Å². The second-order valence-electron chi connectivity index (χ2n) is 0. The quantitative estimate of drug-likeness (QED) is 0.222. The van der Waals surface area contributed by atoms with Gasteiger partial charge in [-0.05, 0) is 0 Å². The second-order valence-corrected chi connectivity index (χ2v) is 0. The first-order chi connectivity index (χ1) is 0. The summed E-state index contributed by atoms with van der Waals surface area (Å²) in [5, 5.41) is 0. The van der Waals surface area contributed by atoms with Gasteiger partial charge in [-0.1, -0.05) is 0 Å². The van der Waals surface area contributed by atoms with Crippen LogP contribution >= 0.6 is 0 Å². The fourth-order valence-electron chi connectivity index (χ4n) is 0. The van der Waals surface area contributed by atoms with Crippen molar-refractivity contribution in [2.75, 3.05) is 0 Å². The zero-order valence-corrected chi connectivity index (χ0v) is 10.2. The molecule has 0 spiro atoms. The Kier molecular flexibility index (Phi) is 1160. The first-order valence-electron chi connectivity index (χ1n) is 0. The minimum atomic E-state index is 0. The zero-order chi connectivity index (χ0) is 0. The summed E-state index contributed by atoms with van der Waals surface area (Å²) in [6.45, 7) is 0. The van der Waals surface area contributed by atoms with Crippen molar-refractivity contribution >= 4 is 70.4 Å². The van der Waals surface area contributed by atoms with Crippen molar-refractivity contribution in [1.82, 2.24) is 0 Å². The van der Waals surface area contributed by atoms with E-state index in [0.29, 0.717) is 0 Å². The molecular formula is H16Fe7Ge4. The van der Waals surface area contributed by atoms with Crippen molar-refractivity contribution in [3.05, 3.63) is 0 Å². The molecule has 0 rings (SSSR count). The molecule has 0 aliphatic carbocycles. The van der Waals surface area contributed by atoms with Crippen LogP contribution in [0.3, 0.4) is 0 Å². The van der Waals surface area contributed by atoms with E-state index < -0.39 is 0 Å². The van der Waals surface area contributed by atoms with E-state index in [9.17, 15) is 0 Å². The Morgan fingerprint density at radius 1 is 0.182 bits per heavy atom. The average molecular weight is 697 g/mol. The Morgan fingerprint density at radius 3 is 0.182 bits per heavy atom. The molecule has 0 nitrogen and oxygen atoms in total. The normalized spacial score (nSPS) is 0. The van der Waals surface area contributed by atoms with Crippen LogP contribution in [0.15, 0.2) is 0 Å². The van der Waals surface area contributed by atoms with E-state index in [1.807, 2.05) is 0 Å². The molecule has 0 unspecified atom stereocenters. The minimum absolute atomic E-state index is 0. The van der Waals surface area contributed by atoms with Crippen molar-refractivity contribution in [2.45, 2.75) is 0 Å². The third-order valence-electron chi connectivity index (χ3n) is 0. The van der Waals surface area contributed by atoms with E-state index in [4.69, 9.17) is 0 Å². The molecule has 0 aromatic rings. The van der Waals surface area contributed by atoms with Crippen LogP contribution in [0, 0.1) is 0 Å². The molecule has 0 amide bonds. The van der Waals surface area contributed by atoms with Crippen molar-refractivity contribution < 1.29 is 119 Å². The summed E-state index contributed by atoms with van der Waals surface area (Å²) in [4.78, 5) is 0. The van der Waals surface area contributed by atoms with Gasteiger partial charge in [0, 0.05) is 119 Å². The maximum atomic E-state index is 0. The van der Waals surface area contributed by atoms with Gasteiger partial charge in [-0.2, -0.15) is 0 Å². The molecular weight excluding hydrogens is 681 g/mol. The van der Waals surface area contributed by atoms with Gasteiger partial charge in [0.05, 0.1) is 0 Å². The zero-order valence-electron chi connectivity index (χ0n) is 2.47. The van der Waals surface area contributed by atoms with Crippen molar-refractivity contribution in [3.8, 4) is 0 Å². The molecule has 11 heteroatoms. The fourth-order valence-corrected chi connectivity index (χ4v) is 0. The average Bonchev–Trinajstić information content (AvgIpc) is 0. The first-order valence-corrected chi connectivity index (χ1v) is 0. The summed E-state index contributed by atoms with van der Waals surface area (Å²) >= 11 is 0. The topological polar surface area (TPSA) is 0 Å². The summed E-state index contributed by atoms with van der Waals surface area (Å²) in [5.41, 5.74) is 0. The van der Waals surface area contributed by atoms with Gasteiger partial charge in [-0.15, -0.1) is 0 Å². The molecule has 0 saturated heterocycles. The van der Waals surface area contributed by atoms with Crippen LogP contribution in [0.5, 0.6) is 0 Å². The molecule has 0 atom stereocenters. The molecule has 0 aromatic heterocycles. The standard InChI is InChI=1S/7Fe.4GeH4/h;;;;;;;4*1H4. The summed E-state index contributed by atoms with van der Waals surface area (Å²) in [5.74, 6) is 0. The van der Waals surface area contributed by atoms with E-state index in [1.165, 1.54) is 0 Å². The molecule has 0 N–H and O–H groups in total. The van der Waals surface area contributed by atoms with E-state index in [-0.39, 0.29) is 190 Å². The van der Waals surface area contributed by atoms with Gasteiger partial charge in [0.15, 0.2) is 0 Å². The molecule has 11 heavy (non-hydrogen) atoms. The first kappa shape index (κ1) is 125. The van der Waals surface area contributed by atoms with Crippen LogP contribution in [0.4, 0.5) is 0 Å². The van der Waals surface area contributed by atoms with Crippen LogP contribution in [0.2, 0.25) is 0 Å². The van der Waals surface area contributed by atoms with Crippen LogP contribution in [-0.2, 0) is 119 Å². The monoisotopic (exact) mass is 703 g/mol. The van der Waals surface area contributed by atoms with Crippen molar-refractivity contribution in [3.63, 3.8) is 0 Å². The Labute approximate surface area is 186 Å². The Balaban J connectivity index is 0. The van der Waals surface area contributed by atoms with E-state index in [2.05, 4.69) is 0 Å². The van der Waals surface area contributed by atoms with Gasteiger partial charge in [-0.3, -0.25) is 0 Å². The molecule has 0 bridgehead atoms. The second kappa shape index (κ2) is 103. The Hall–Kier alpha value is 5.81. The van der Waals surface area contributed by atoms with E-state index >= 15 is 0 Å². The van der Waals surface area contributed by atoms with Crippen LogP contribution < -0.4 is 0 Å². The van der Waals surface area contributed by atoms with Crippen molar-refractivity contribution in [1.29, 1.82) is 0 Å². The predicted molar refractivity (Wildman–Crippen MR) is 45.3 cm³/mol. The summed E-state index contributed by atoms with van der Waals surface area (Å²) < 4.78 is 0. The predicted octanol–water partition coefficient (Wildman–Crippen LogP) is -5.82. The van der Waals surface area contributed by atoms with Gasteiger partial charge in [0.1, 0.15) is 0 Å². The van der Waals surface area contributed by atoms with Crippen LogP contribution in [-0.4, -0.2) is 70.4 Å². The van der Waals surface area contributed by atoms with Gasteiger partial charge >= 0.3 is 70.4 Å². The summed E-state index contributed by atoms with van der Waals surface area (Å²) in [6, 6.07) is 0. The molecule has 0 aromatic carbocycles. The molecule has 0 saturated carbocycles. The fraction of sp³-hybridized carbons (Fsp3) is 0. The van der Waals surface area contributed by atoms with E-state index in [0.717, 1.165) is 0 Å². The molecule has 0 fully saturated rings.